The first kappa shape index (κ1) is 16.2. The van der Waals surface area contributed by atoms with E-state index in [9.17, 15) is 21.9 Å². The Kier molecular flexibility index (Phi) is 4.78. The van der Waals surface area contributed by atoms with E-state index in [1.807, 2.05) is 0 Å². The third kappa shape index (κ3) is 3.52. The van der Waals surface area contributed by atoms with Gasteiger partial charge in [0.15, 0.2) is 0 Å². The number of sulfonamides is 1. The Hall–Kier alpha value is -0.180. The van der Waals surface area contributed by atoms with Crippen LogP contribution in [0.4, 0.5) is 0 Å². The van der Waals surface area contributed by atoms with Crippen molar-refractivity contribution in [3.05, 3.63) is 0 Å². The van der Waals surface area contributed by atoms with Crippen LogP contribution in [-0.2, 0) is 19.9 Å². The van der Waals surface area contributed by atoms with Crippen molar-refractivity contribution in [2.75, 3.05) is 24.6 Å². The van der Waals surface area contributed by atoms with Gasteiger partial charge in [0.2, 0.25) is 10.0 Å². The van der Waals surface area contributed by atoms with Crippen molar-refractivity contribution in [1.82, 2.24) is 4.31 Å². The topological polar surface area (TPSA) is 91.8 Å². The Labute approximate surface area is 121 Å². The lowest BCUT2D eigenvalue weighted by Gasteiger charge is -2.35. The number of hydrogen-bond acceptors (Lipinski definition) is 5. The SMILES string of the molecule is CC(O)C1CCN(S(=O)(=O)C2CCS(=O)(=O)CC2)CC1. The highest BCUT2D eigenvalue weighted by Crippen LogP contribution is 2.27. The predicted octanol–water partition coefficient (Wildman–Crippen LogP) is -0.0138. The van der Waals surface area contributed by atoms with E-state index in [4.69, 9.17) is 0 Å². The van der Waals surface area contributed by atoms with E-state index in [1.54, 1.807) is 6.92 Å². The highest BCUT2D eigenvalue weighted by atomic mass is 32.2. The monoisotopic (exact) mass is 325 g/mol. The molecule has 0 aromatic rings. The quantitative estimate of drug-likeness (QED) is 0.788. The van der Waals surface area contributed by atoms with Gasteiger partial charge < -0.3 is 5.11 Å². The Morgan fingerprint density at radius 2 is 1.60 bits per heavy atom. The van der Waals surface area contributed by atoms with Crippen molar-refractivity contribution in [3.8, 4) is 0 Å². The Morgan fingerprint density at radius 3 is 2.05 bits per heavy atom. The molecule has 6 nitrogen and oxygen atoms in total. The second kappa shape index (κ2) is 5.90. The van der Waals surface area contributed by atoms with Gasteiger partial charge in [0.05, 0.1) is 22.9 Å². The maximum atomic E-state index is 12.5. The first-order chi connectivity index (χ1) is 9.22. The van der Waals surface area contributed by atoms with Crippen LogP contribution >= 0.6 is 0 Å². The summed E-state index contributed by atoms with van der Waals surface area (Å²) in [6.45, 7) is 2.60. The van der Waals surface area contributed by atoms with Gasteiger partial charge in [-0.15, -0.1) is 0 Å². The standard InChI is InChI=1S/C12H23NO5S2/c1-10(14)11-2-6-13(7-3-11)20(17,18)12-4-8-19(15,16)9-5-12/h10-12,14H,2-9H2,1H3. The first-order valence-electron chi connectivity index (χ1n) is 7.10. The molecular weight excluding hydrogens is 302 g/mol. The Balaban J connectivity index is 1.98. The Morgan fingerprint density at radius 1 is 1.10 bits per heavy atom. The van der Waals surface area contributed by atoms with Gasteiger partial charge in [-0.25, -0.2) is 21.1 Å². The van der Waals surface area contributed by atoms with Gasteiger partial charge in [0, 0.05) is 13.1 Å². The molecule has 118 valence electrons. The number of rotatable bonds is 3. The third-order valence-corrected chi connectivity index (χ3v) is 8.58. The van der Waals surface area contributed by atoms with Gasteiger partial charge in [-0.05, 0) is 38.5 Å². The number of aliphatic hydroxyl groups is 1. The second-order valence-electron chi connectivity index (χ2n) is 5.87. The van der Waals surface area contributed by atoms with Gasteiger partial charge >= 0.3 is 0 Å². The molecule has 1 unspecified atom stereocenters. The van der Waals surface area contributed by atoms with E-state index >= 15 is 0 Å². The summed E-state index contributed by atoms with van der Waals surface area (Å²) >= 11 is 0. The zero-order valence-electron chi connectivity index (χ0n) is 11.7. The molecule has 0 aliphatic carbocycles. The molecule has 0 saturated carbocycles. The fourth-order valence-electron chi connectivity index (χ4n) is 2.99. The molecule has 0 radical (unpaired) electrons. The van der Waals surface area contributed by atoms with Crippen LogP contribution in [0, 0.1) is 5.92 Å². The summed E-state index contributed by atoms with van der Waals surface area (Å²) < 4.78 is 49.2. The number of hydrogen-bond donors (Lipinski definition) is 1. The number of aliphatic hydroxyl groups excluding tert-OH is 1. The van der Waals surface area contributed by atoms with Gasteiger partial charge in [-0.2, -0.15) is 0 Å². The highest BCUT2D eigenvalue weighted by molar-refractivity contribution is 7.92. The average Bonchev–Trinajstić information content (AvgIpc) is 2.38. The zero-order chi connectivity index (χ0) is 15.0. The Bertz CT molecular complexity index is 518. The van der Waals surface area contributed by atoms with Crippen LogP contribution in [0.2, 0.25) is 0 Å². The molecule has 0 aromatic heterocycles. The van der Waals surface area contributed by atoms with Crippen LogP contribution < -0.4 is 0 Å². The van der Waals surface area contributed by atoms with E-state index in [2.05, 4.69) is 0 Å². The largest absolute Gasteiger partial charge is 0.393 e. The van der Waals surface area contributed by atoms with Gasteiger partial charge in [0.1, 0.15) is 9.84 Å². The maximum absolute atomic E-state index is 12.5. The minimum Gasteiger partial charge on any atom is -0.393 e. The molecule has 2 aliphatic heterocycles. The molecule has 0 aromatic carbocycles. The van der Waals surface area contributed by atoms with Crippen LogP contribution in [0.5, 0.6) is 0 Å². The molecule has 2 fully saturated rings. The lowest BCUT2D eigenvalue weighted by atomic mass is 9.93. The number of piperidine rings is 1. The highest BCUT2D eigenvalue weighted by Gasteiger charge is 2.38. The summed E-state index contributed by atoms with van der Waals surface area (Å²) in [5.41, 5.74) is 0. The summed E-state index contributed by atoms with van der Waals surface area (Å²) in [4.78, 5) is 0. The molecule has 2 saturated heterocycles. The second-order valence-corrected chi connectivity index (χ2v) is 10.4. The summed E-state index contributed by atoms with van der Waals surface area (Å²) in [5, 5.41) is 8.98. The van der Waals surface area contributed by atoms with Crippen LogP contribution in [0.3, 0.4) is 0 Å². The van der Waals surface area contributed by atoms with Crippen molar-refractivity contribution in [2.24, 2.45) is 5.92 Å². The van der Waals surface area contributed by atoms with Crippen molar-refractivity contribution in [3.63, 3.8) is 0 Å². The minimum atomic E-state index is -3.40. The van der Waals surface area contributed by atoms with E-state index in [0.717, 1.165) is 0 Å². The van der Waals surface area contributed by atoms with Gasteiger partial charge in [-0.3, -0.25) is 0 Å². The number of nitrogens with zero attached hydrogens (tertiary/aromatic N) is 1. The summed E-state index contributed by atoms with van der Waals surface area (Å²) in [6.07, 6.45) is 1.35. The minimum absolute atomic E-state index is 0.0268. The lowest BCUT2D eigenvalue weighted by Crippen LogP contribution is -2.46. The maximum Gasteiger partial charge on any atom is 0.217 e. The van der Waals surface area contributed by atoms with E-state index in [1.165, 1.54) is 4.31 Å². The molecular formula is C12H23NO5S2. The first-order valence-corrected chi connectivity index (χ1v) is 10.4. The van der Waals surface area contributed by atoms with Crippen LogP contribution in [0.1, 0.15) is 32.6 Å². The molecule has 2 aliphatic rings. The summed E-state index contributed by atoms with van der Waals surface area (Å²) in [5.74, 6) is 0.107. The molecule has 0 spiro atoms. The average molecular weight is 325 g/mol. The van der Waals surface area contributed by atoms with Crippen molar-refractivity contribution >= 4 is 19.9 Å². The third-order valence-electron chi connectivity index (χ3n) is 4.46. The van der Waals surface area contributed by atoms with Crippen LogP contribution in [0.15, 0.2) is 0 Å². The van der Waals surface area contributed by atoms with Crippen molar-refractivity contribution in [1.29, 1.82) is 0 Å². The zero-order valence-corrected chi connectivity index (χ0v) is 13.4. The molecule has 2 heterocycles. The van der Waals surface area contributed by atoms with Gasteiger partial charge in [-0.1, -0.05) is 0 Å². The van der Waals surface area contributed by atoms with Crippen LogP contribution in [0.25, 0.3) is 0 Å². The molecule has 0 bridgehead atoms. The molecule has 8 heteroatoms. The van der Waals surface area contributed by atoms with Crippen molar-refractivity contribution in [2.45, 2.75) is 44.0 Å². The predicted molar refractivity (Wildman–Crippen MR) is 76.6 cm³/mol. The molecule has 0 amide bonds. The summed E-state index contributed by atoms with van der Waals surface area (Å²) in [6, 6.07) is 0. The van der Waals surface area contributed by atoms with E-state index in [-0.39, 0.29) is 30.3 Å². The fraction of sp³-hybridized carbons (Fsp3) is 1.00. The molecule has 2 rings (SSSR count). The fourth-order valence-corrected chi connectivity index (χ4v) is 6.75. The van der Waals surface area contributed by atoms with E-state index < -0.39 is 31.2 Å². The smallest absolute Gasteiger partial charge is 0.217 e. The molecule has 1 atom stereocenters. The van der Waals surface area contributed by atoms with Crippen molar-refractivity contribution < 1.29 is 21.9 Å². The molecule has 1 N–H and O–H groups in total. The van der Waals surface area contributed by atoms with Gasteiger partial charge in [0.25, 0.3) is 0 Å². The summed E-state index contributed by atoms with van der Waals surface area (Å²) in [7, 11) is -6.44. The van der Waals surface area contributed by atoms with E-state index in [0.29, 0.717) is 25.9 Å². The lowest BCUT2D eigenvalue weighted by molar-refractivity contribution is 0.0909. The normalized spacial score (nSPS) is 28.3. The molecule has 20 heavy (non-hydrogen) atoms. The van der Waals surface area contributed by atoms with Crippen LogP contribution in [-0.4, -0.2) is 62.2 Å². The number of sulfone groups is 1.